The first kappa shape index (κ1) is 23.0. The third kappa shape index (κ3) is 5.93. The van der Waals surface area contributed by atoms with Crippen LogP contribution in [0.3, 0.4) is 0 Å². The van der Waals surface area contributed by atoms with Gasteiger partial charge in [-0.3, -0.25) is 14.6 Å². The third-order valence-corrected chi connectivity index (χ3v) is 5.77. The van der Waals surface area contributed by atoms with Crippen LogP contribution in [0.2, 0.25) is 0 Å². The van der Waals surface area contributed by atoms with Crippen LogP contribution in [0, 0.1) is 10.8 Å². The average molecular weight is 422 g/mol. The lowest BCUT2D eigenvalue weighted by Crippen LogP contribution is -2.47. The summed E-state index contributed by atoms with van der Waals surface area (Å²) in [5.41, 5.74) is 2.65. The van der Waals surface area contributed by atoms with Gasteiger partial charge < -0.3 is 10.2 Å². The Morgan fingerprint density at radius 2 is 1.84 bits per heavy atom. The van der Waals surface area contributed by atoms with Crippen molar-refractivity contribution in [3.8, 4) is 11.1 Å². The molecule has 2 aromatic rings. The van der Waals surface area contributed by atoms with Gasteiger partial charge in [0.15, 0.2) is 0 Å². The van der Waals surface area contributed by atoms with E-state index in [1.54, 1.807) is 12.4 Å². The standard InChI is InChI=1S/C26H35N3O2/c1-19(2)28-24(31)26(11-14-29(18-26)23(30)17-25(3,4)5)16-20-7-6-8-22(15-20)21-9-12-27-13-10-21/h6-10,12-13,15,19H,11,14,16-18H2,1-5H3,(H,28,31). The molecule has 1 unspecified atom stereocenters. The van der Waals surface area contributed by atoms with E-state index >= 15 is 0 Å². The zero-order valence-electron chi connectivity index (χ0n) is 19.4. The van der Waals surface area contributed by atoms with Crippen LogP contribution in [0.4, 0.5) is 0 Å². The van der Waals surface area contributed by atoms with E-state index in [0.717, 1.165) is 16.7 Å². The average Bonchev–Trinajstić information content (AvgIpc) is 3.13. The van der Waals surface area contributed by atoms with E-state index in [1.807, 2.05) is 36.9 Å². The lowest BCUT2D eigenvalue weighted by Gasteiger charge is -2.30. The highest BCUT2D eigenvalue weighted by atomic mass is 16.2. The van der Waals surface area contributed by atoms with E-state index < -0.39 is 5.41 Å². The predicted molar refractivity (Wildman–Crippen MR) is 124 cm³/mol. The highest BCUT2D eigenvalue weighted by Gasteiger charge is 2.46. The maximum Gasteiger partial charge on any atom is 0.228 e. The van der Waals surface area contributed by atoms with Gasteiger partial charge in [0.05, 0.1) is 5.41 Å². The third-order valence-electron chi connectivity index (χ3n) is 5.77. The molecule has 1 aliphatic heterocycles. The van der Waals surface area contributed by atoms with E-state index in [0.29, 0.717) is 32.4 Å². The van der Waals surface area contributed by atoms with Gasteiger partial charge in [-0.15, -0.1) is 0 Å². The minimum absolute atomic E-state index is 0.0443. The van der Waals surface area contributed by atoms with Gasteiger partial charge in [0.2, 0.25) is 11.8 Å². The fourth-order valence-electron chi connectivity index (χ4n) is 4.27. The lowest BCUT2D eigenvalue weighted by atomic mass is 9.79. The number of nitrogens with one attached hydrogen (secondary N) is 1. The van der Waals surface area contributed by atoms with Crippen LogP contribution >= 0.6 is 0 Å². The van der Waals surface area contributed by atoms with Crippen molar-refractivity contribution in [2.75, 3.05) is 13.1 Å². The van der Waals surface area contributed by atoms with E-state index in [4.69, 9.17) is 0 Å². The molecule has 1 atom stereocenters. The second-order valence-electron chi connectivity index (χ2n) is 10.3. The molecular weight excluding hydrogens is 386 g/mol. The van der Waals surface area contributed by atoms with Crippen molar-refractivity contribution >= 4 is 11.8 Å². The Balaban J connectivity index is 1.86. The van der Waals surface area contributed by atoms with Crippen LogP contribution in [0.5, 0.6) is 0 Å². The highest BCUT2D eigenvalue weighted by molar-refractivity contribution is 5.86. The van der Waals surface area contributed by atoms with E-state index in [9.17, 15) is 9.59 Å². The molecule has 1 N–H and O–H groups in total. The largest absolute Gasteiger partial charge is 0.353 e. The molecule has 1 saturated heterocycles. The molecular formula is C26H35N3O2. The van der Waals surface area contributed by atoms with Crippen molar-refractivity contribution in [2.45, 2.75) is 59.9 Å². The Kier molecular flexibility index (Phi) is 6.83. The molecule has 0 bridgehead atoms. The van der Waals surface area contributed by atoms with Gasteiger partial charge in [0.1, 0.15) is 0 Å². The van der Waals surface area contributed by atoms with Gasteiger partial charge in [0, 0.05) is 37.9 Å². The minimum atomic E-state index is -0.602. The second-order valence-corrected chi connectivity index (χ2v) is 10.3. The molecule has 1 aromatic heterocycles. The Bertz CT molecular complexity index is 918. The van der Waals surface area contributed by atoms with Crippen molar-refractivity contribution in [3.05, 3.63) is 54.4 Å². The predicted octanol–water partition coefficient (Wildman–Crippen LogP) is 4.47. The zero-order chi connectivity index (χ0) is 22.6. The van der Waals surface area contributed by atoms with Crippen molar-refractivity contribution < 1.29 is 9.59 Å². The molecule has 166 valence electrons. The van der Waals surface area contributed by atoms with Crippen molar-refractivity contribution in [1.29, 1.82) is 0 Å². The molecule has 0 radical (unpaired) electrons. The highest BCUT2D eigenvalue weighted by Crippen LogP contribution is 2.37. The van der Waals surface area contributed by atoms with Crippen molar-refractivity contribution in [3.63, 3.8) is 0 Å². The second kappa shape index (κ2) is 9.21. The zero-order valence-corrected chi connectivity index (χ0v) is 19.4. The Morgan fingerprint density at radius 1 is 1.13 bits per heavy atom. The Labute approximate surface area is 186 Å². The minimum Gasteiger partial charge on any atom is -0.353 e. The quantitative estimate of drug-likeness (QED) is 0.748. The number of likely N-dealkylation sites (tertiary alicyclic amines) is 1. The summed E-state index contributed by atoms with van der Waals surface area (Å²) in [5, 5.41) is 3.11. The van der Waals surface area contributed by atoms with Crippen LogP contribution in [0.1, 0.15) is 53.0 Å². The number of pyridine rings is 1. The Morgan fingerprint density at radius 3 is 2.48 bits per heavy atom. The number of carbonyl (C=O) groups is 2. The fourth-order valence-corrected chi connectivity index (χ4v) is 4.27. The summed E-state index contributed by atoms with van der Waals surface area (Å²) in [4.78, 5) is 32.2. The lowest BCUT2D eigenvalue weighted by molar-refractivity contribution is -0.134. The Hall–Kier alpha value is -2.69. The summed E-state index contributed by atoms with van der Waals surface area (Å²) in [5.74, 6) is 0.181. The van der Waals surface area contributed by atoms with Gasteiger partial charge in [-0.05, 0) is 60.9 Å². The molecule has 2 heterocycles. The number of carbonyl (C=O) groups excluding carboxylic acids is 2. The number of benzene rings is 1. The molecule has 3 rings (SSSR count). The number of aromatic nitrogens is 1. The summed E-state index contributed by atoms with van der Waals surface area (Å²) >= 11 is 0. The first-order valence-electron chi connectivity index (χ1n) is 11.2. The normalized spacial score (nSPS) is 19.0. The number of amides is 2. The van der Waals surface area contributed by atoms with Gasteiger partial charge in [-0.2, -0.15) is 0 Å². The first-order valence-corrected chi connectivity index (χ1v) is 11.2. The van der Waals surface area contributed by atoms with E-state index in [2.05, 4.69) is 49.3 Å². The molecule has 5 heteroatoms. The fraction of sp³-hybridized carbons (Fsp3) is 0.500. The number of hydrogen-bond donors (Lipinski definition) is 1. The molecule has 5 nitrogen and oxygen atoms in total. The molecule has 0 saturated carbocycles. The van der Waals surface area contributed by atoms with Crippen LogP contribution < -0.4 is 5.32 Å². The maximum atomic E-state index is 13.3. The molecule has 2 amide bonds. The molecule has 0 spiro atoms. The molecule has 1 fully saturated rings. The number of rotatable bonds is 6. The van der Waals surface area contributed by atoms with E-state index in [-0.39, 0.29) is 23.3 Å². The van der Waals surface area contributed by atoms with Crippen LogP contribution in [-0.2, 0) is 16.0 Å². The smallest absolute Gasteiger partial charge is 0.228 e. The SMILES string of the molecule is CC(C)NC(=O)C1(Cc2cccc(-c3ccncc3)c2)CCN(C(=O)CC(C)(C)C)C1. The molecule has 0 aliphatic carbocycles. The van der Waals surface area contributed by atoms with Gasteiger partial charge in [-0.25, -0.2) is 0 Å². The number of hydrogen-bond acceptors (Lipinski definition) is 3. The monoisotopic (exact) mass is 421 g/mol. The van der Waals surface area contributed by atoms with Crippen LogP contribution in [0.15, 0.2) is 48.8 Å². The topological polar surface area (TPSA) is 62.3 Å². The molecule has 31 heavy (non-hydrogen) atoms. The van der Waals surface area contributed by atoms with Crippen LogP contribution in [-0.4, -0.2) is 40.8 Å². The van der Waals surface area contributed by atoms with Gasteiger partial charge in [0.25, 0.3) is 0 Å². The summed E-state index contributed by atoms with van der Waals surface area (Å²) in [6.45, 7) is 11.3. The molecule has 1 aromatic carbocycles. The summed E-state index contributed by atoms with van der Waals surface area (Å²) < 4.78 is 0. The van der Waals surface area contributed by atoms with Crippen molar-refractivity contribution in [2.24, 2.45) is 10.8 Å². The van der Waals surface area contributed by atoms with Crippen LogP contribution in [0.25, 0.3) is 11.1 Å². The van der Waals surface area contributed by atoms with Crippen molar-refractivity contribution in [1.82, 2.24) is 15.2 Å². The van der Waals surface area contributed by atoms with E-state index in [1.165, 1.54) is 0 Å². The summed E-state index contributed by atoms with van der Waals surface area (Å²) in [6.07, 6.45) is 5.36. The summed E-state index contributed by atoms with van der Waals surface area (Å²) in [7, 11) is 0. The molecule has 1 aliphatic rings. The van der Waals surface area contributed by atoms with Gasteiger partial charge >= 0.3 is 0 Å². The first-order chi connectivity index (χ1) is 14.6. The van der Waals surface area contributed by atoms with Gasteiger partial charge in [-0.1, -0.05) is 45.0 Å². The maximum absolute atomic E-state index is 13.3. The number of nitrogens with zero attached hydrogens (tertiary/aromatic N) is 2. The summed E-state index contributed by atoms with van der Waals surface area (Å²) in [6, 6.07) is 12.4.